The molecule has 2 heterocycles. The SMILES string of the molecule is CC(C)[C@@H]1N(C(O)C(Cc2ccccc2)=c2oc(=CCCCCCO)ccc2=O)C(=O)OC1(C)C. The van der Waals surface area contributed by atoms with Gasteiger partial charge in [0.15, 0.2) is 11.6 Å². The topological polar surface area (TPSA) is 100 Å². The predicted octanol–water partition coefficient (Wildman–Crippen LogP) is 2.94. The van der Waals surface area contributed by atoms with E-state index in [4.69, 9.17) is 14.3 Å². The largest absolute Gasteiger partial charge is 0.453 e. The minimum atomic E-state index is -1.40. The van der Waals surface area contributed by atoms with Gasteiger partial charge in [0.2, 0.25) is 5.43 Å². The van der Waals surface area contributed by atoms with Crippen LogP contribution in [0.5, 0.6) is 0 Å². The summed E-state index contributed by atoms with van der Waals surface area (Å²) in [5, 5.41) is 20.5. The second-order valence-electron chi connectivity index (χ2n) is 9.94. The number of carbonyl (C=O) groups excluding carboxylic acids is 1. The van der Waals surface area contributed by atoms with Crippen molar-refractivity contribution in [1.29, 1.82) is 0 Å². The van der Waals surface area contributed by atoms with Gasteiger partial charge in [-0.05, 0) is 62.8 Å². The molecule has 0 spiro atoms. The minimum Gasteiger partial charge on any atom is -0.453 e. The number of cyclic esters (lactones) is 1. The van der Waals surface area contributed by atoms with Crippen LogP contribution in [-0.4, -0.2) is 45.7 Å². The van der Waals surface area contributed by atoms with Crippen LogP contribution in [-0.2, 0) is 11.2 Å². The highest BCUT2D eigenvalue weighted by atomic mass is 16.6. The molecule has 1 fully saturated rings. The first-order valence-corrected chi connectivity index (χ1v) is 12.3. The Hall–Kier alpha value is -2.90. The van der Waals surface area contributed by atoms with Crippen molar-refractivity contribution in [3.05, 3.63) is 69.1 Å². The number of hydrogen-bond acceptors (Lipinski definition) is 6. The van der Waals surface area contributed by atoms with Crippen molar-refractivity contribution in [3.8, 4) is 0 Å². The van der Waals surface area contributed by atoms with E-state index in [0.29, 0.717) is 11.0 Å². The Kier molecular flexibility index (Phi) is 8.92. The van der Waals surface area contributed by atoms with Crippen LogP contribution in [0, 0.1) is 5.92 Å². The third kappa shape index (κ3) is 6.41. The summed E-state index contributed by atoms with van der Waals surface area (Å²) in [5.74, 6) is 0.00586. The molecule has 0 bridgehead atoms. The Morgan fingerprint density at radius 2 is 1.80 bits per heavy atom. The number of ether oxygens (including phenoxy) is 1. The molecule has 0 aliphatic carbocycles. The highest BCUT2D eigenvalue weighted by Gasteiger charge is 2.52. The smallest absolute Gasteiger partial charge is 0.413 e. The van der Waals surface area contributed by atoms with Crippen molar-refractivity contribution >= 4 is 17.7 Å². The fraction of sp³-hybridized carbons (Fsp3) is 0.500. The van der Waals surface area contributed by atoms with Crippen molar-refractivity contribution in [2.75, 3.05) is 6.61 Å². The van der Waals surface area contributed by atoms with E-state index in [9.17, 15) is 14.7 Å². The molecule has 0 radical (unpaired) electrons. The van der Waals surface area contributed by atoms with Gasteiger partial charge in [-0.2, -0.15) is 0 Å². The lowest BCUT2D eigenvalue weighted by atomic mass is 9.88. The molecule has 1 aliphatic rings. The number of amides is 1. The Balaban J connectivity index is 2.12. The van der Waals surface area contributed by atoms with Gasteiger partial charge in [0.25, 0.3) is 0 Å². The van der Waals surface area contributed by atoms with Crippen molar-refractivity contribution in [1.82, 2.24) is 4.90 Å². The Morgan fingerprint density at radius 1 is 1.09 bits per heavy atom. The molecular weight excluding hydrogens is 446 g/mol. The van der Waals surface area contributed by atoms with Gasteiger partial charge in [0, 0.05) is 18.6 Å². The van der Waals surface area contributed by atoms with E-state index >= 15 is 0 Å². The summed E-state index contributed by atoms with van der Waals surface area (Å²) in [6, 6.07) is 12.1. The summed E-state index contributed by atoms with van der Waals surface area (Å²) >= 11 is 0. The zero-order valence-corrected chi connectivity index (χ0v) is 21.1. The van der Waals surface area contributed by atoms with Gasteiger partial charge in [-0.25, -0.2) is 4.79 Å². The maximum Gasteiger partial charge on any atom is 0.413 e. The molecule has 1 saturated heterocycles. The van der Waals surface area contributed by atoms with Crippen LogP contribution in [0.15, 0.2) is 51.7 Å². The zero-order valence-electron chi connectivity index (χ0n) is 21.1. The van der Waals surface area contributed by atoms with Crippen LogP contribution < -0.4 is 16.3 Å². The van der Waals surface area contributed by atoms with E-state index in [1.807, 2.05) is 64.1 Å². The standard InChI is InChI=1S/C28H37NO6/c1-19(2)25-28(3,4)35-27(33)29(25)26(32)22(18-20-12-8-7-9-13-20)24-23(31)16-15-21(34-24)14-10-5-6-11-17-30/h7-9,12-16,19,25-26,30,32H,5-6,10-11,17-18H2,1-4H3/t25-,26?/m0/s1. The first-order chi connectivity index (χ1) is 16.7. The first kappa shape index (κ1) is 26.7. The number of nitrogens with zero attached hydrogens (tertiary/aromatic N) is 1. The van der Waals surface area contributed by atoms with Gasteiger partial charge in [0.1, 0.15) is 11.0 Å². The lowest BCUT2D eigenvalue weighted by Crippen LogP contribution is -2.51. The van der Waals surface area contributed by atoms with E-state index in [1.54, 1.807) is 6.07 Å². The van der Waals surface area contributed by atoms with Crippen molar-refractivity contribution in [2.45, 2.75) is 77.7 Å². The number of unbranched alkanes of at least 4 members (excludes halogenated alkanes) is 3. The van der Waals surface area contributed by atoms with Gasteiger partial charge < -0.3 is 19.4 Å². The van der Waals surface area contributed by atoms with E-state index in [-0.39, 0.29) is 29.8 Å². The third-order valence-electron chi connectivity index (χ3n) is 6.36. The van der Waals surface area contributed by atoms with Crippen LogP contribution in [0.1, 0.15) is 58.9 Å². The zero-order chi connectivity index (χ0) is 25.6. The summed E-state index contributed by atoms with van der Waals surface area (Å²) in [7, 11) is 0. The van der Waals surface area contributed by atoms with Gasteiger partial charge in [-0.3, -0.25) is 9.69 Å². The quantitative estimate of drug-likeness (QED) is 0.504. The lowest BCUT2D eigenvalue weighted by molar-refractivity contribution is 0.0248. The number of aliphatic hydroxyl groups is 2. The first-order valence-electron chi connectivity index (χ1n) is 12.3. The molecule has 2 atom stereocenters. The minimum absolute atomic E-state index is 0.00586. The summed E-state index contributed by atoms with van der Waals surface area (Å²) in [4.78, 5) is 27.2. The molecule has 1 unspecified atom stereocenters. The van der Waals surface area contributed by atoms with Gasteiger partial charge >= 0.3 is 6.09 Å². The van der Waals surface area contributed by atoms with E-state index < -0.39 is 24.0 Å². The Morgan fingerprint density at radius 3 is 2.46 bits per heavy atom. The van der Waals surface area contributed by atoms with Crippen LogP contribution in [0.4, 0.5) is 4.79 Å². The molecular formula is C28H37NO6. The molecule has 1 aliphatic heterocycles. The van der Waals surface area contributed by atoms with Crippen molar-refractivity contribution in [2.24, 2.45) is 5.92 Å². The summed E-state index contributed by atoms with van der Waals surface area (Å²) in [6.45, 7) is 7.77. The molecule has 2 N–H and O–H groups in total. The van der Waals surface area contributed by atoms with Crippen LogP contribution in [0.3, 0.4) is 0 Å². The Labute approximate surface area is 206 Å². The molecule has 1 amide bonds. The molecule has 190 valence electrons. The average molecular weight is 484 g/mol. The van der Waals surface area contributed by atoms with Gasteiger partial charge in [0.05, 0.1) is 6.04 Å². The third-order valence-corrected chi connectivity index (χ3v) is 6.36. The number of hydrogen-bond donors (Lipinski definition) is 2. The number of benzene rings is 1. The monoisotopic (exact) mass is 483 g/mol. The van der Waals surface area contributed by atoms with Crippen molar-refractivity contribution < 1.29 is 24.2 Å². The highest BCUT2D eigenvalue weighted by Crippen LogP contribution is 2.36. The molecule has 7 heteroatoms. The van der Waals surface area contributed by atoms with E-state index in [0.717, 1.165) is 31.2 Å². The Bertz CT molecular complexity index is 1170. The maximum absolute atomic E-state index is 13.0. The summed E-state index contributed by atoms with van der Waals surface area (Å²) in [5.41, 5.74) is 0.586. The fourth-order valence-corrected chi connectivity index (χ4v) is 4.88. The second kappa shape index (κ2) is 11.7. The molecule has 0 saturated carbocycles. The van der Waals surface area contributed by atoms with Gasteiger partial charge in [-0.1, -0.05) is 50.6 Å². The highest BCUT2D eigenvalue weighted by molar-refractivity contribution is 5.74. The second-order valence-corrected chi connectivity index (χ2v) is 9.94. The summed E-state index contributed by atoms with van der Waals surface area (Å²) in [6.07, 6.45) is 3.38. The molecule has 1 aromatic heterocycles. The van der Waals surface area contributed by atoms with Crippen molar-refractivity contribution in [3.63, 3.8) is 0 Å². The normalized spacial score (nSPS) is 19.7. The predicted molar refractivity (Wildman–Crippen MR) is 135 cm³/mol. The molecule has 3 rings (SSSR count). The van der Waals surface area contributed by atoms with Crippen LogP contribution >= 0.6 is 0 Å². The van der Waals surface area contributed by atoms with Gasteiger partial charge in [-0.15, -0.1) is 0 Å². The molecule has 7 nitrogen and oxygen atoms in total. The average Bonchev–Trinajstić information content (AvgIpc) is 3.07. The van der Waals surface area contributed by atoms with E-state index in [1.165, 1.54) is 11.0 Å². The number of aliphatic hydroxyl groups excluding tert-OH is 2. The molecule has 1 aromatic carbocycles. The number of carbonyl (C=O) groups is 1. The fourth-order valence-electron chi connectivity index (χ4n) is 4.88. The number of rotatable bonds is 10. The summed E-state index contributed by atoms with van der Waals surface area (Å²) < 4.78 is 11.6. The van der Waals surface area contributed by atoms with Crippen LogP contribution in [0.2, 0.25) is 0 Å². The van der Waals surface area contributed by atoms with E-state index in [2.05, 4.69) is 0 Å². The van der Waals surface area contributed by atoms with Crippen LogP contribution in [0.25, 0.3) is 11.6 Å². The maximum atomic E-state index is 13.0. The molecule has 2 aromatic rings. The lowest BCUT2D eigenvalue weighted by Gasteiger charge is -2.35. The molecule has 35 heavy (non-hydrogen) atoms.